The molecule has 0 saturated carbocycles. The number of nitrogens with one attached hydrogen (secondary N) is 1. The SMILES string of the molecule is CCOc1ccc(NC(=O)c2c(-n3cccc3)sc(C)c2C)cc1S(=O)(=O)N(C)C. The van der Waals surface area contributed by atoms with Crippen molar-refractivity contribution in [3.8, 4) is 10.8 Å². The number of carbonyl (C=O) groups is 1. The highest BCUT2D eigenvalue weighted by atomic mass is 32.2. The highest BCUT2D eigenvalue weighted by Gasteiger charge is 2.25. The Labute approximate surface area is 181 Å². The average Bonchev–Trinajstić information content (AvgIpc) is 3.31. The summed E-state index contributed by atoms with van der Waals surface area (Å²) in [5, 5.41) is 3.67. The summed E-state index contributed by atoms with van der Waals surface area (Å²) in [7, 11) is -0.834. The molecule has 3 aromatic rings. The molecule has 0 spiro atoms. The fourth-order valence-corrected chi connectivity index (χ4v) is 5.15. The van der Waals surface area contributed by atoms with Crippen LogP contribution in [0.15, 0.2) is 47.6 Å². The lowest BCUT2D eigenvalue weighted by molar-refractivity contribution is 0.102. The lowest BCUT2D eigenvalue weighted by Gasteiger charge is -2.17. The molecule has 0 fully saturated rings. The van der Waals surface area contributed by atoms with Gasteiger partial charge >= 0.3 is 0 Å². The van der Waals surface area contributed by atoms with Crippen molar-refractivity contribution in [2.24, 2.45) is 0 Å². The summed E-state index contributed by atoms with van der Waals surface area (Å²) in [5.74, 6) is -0.0438. The van der Waals surface area contributed by atoms with Gasteiger partial charge in [0, 0.05) is 37.1 Å². The Kier molecular flexibility index (Phi) is 6.35. The summed E-state index contributed by atoms with van der Waals surface area (Å²) in [4.78, 5) is 14.2. The number of thiophene rings is 1. The quantitative estimate of drug-likeness (QED) is 0.592. The minimum absolute atomic E-state index is 0.0102. The van der Waals surface area contributed by atoms with Crippen LogP contribution in [0.25, 0.3) is 5.00 Å². The molecule has 0 unspecified atom stereocenters. The molecular formula is C21H25N3O4S2. The van der Waals surface area contributed by atoms with Gasteiger partial charge in [-0.2, -0.15) is 0 Å². The van der Waals surface area contributed by atoms with Crippen molar-refractivity contribution in [1.29, 1.82) is 0 Å². The summed E-state index contributed by atoms with van der Waals surface area (Å²) in [6.45, 7) is 6.00. The van der Waals surface area contributed by atoms with Gasteiger partial charge in [0.2, 0.25) is 10.0 Å². The largest absolute Gasteiger partial charge is 0.492 e. The van der Waals surface area contributed by atoms with Crippen LogP contribution in [0.3, 0.4) is 0 Å². The fourth-order valence-electron chi connectivity index (χ4n) is 2.98. The predicted molar refractivity (Wildman–Crippen MR) is 120 cm³/mol. The van der Waals surface area contributed by atoms with Gasteiger partial charge in [-0.05, 0) is 56.7 Å². The van der Waals surface area contributed by atoms with E-state index in [1.54, 1.807) is 19.1 Å². The molecule has 2 heterocycles. The van der Waals surface area contributed by atoms with Crippen LogP contribution in [-0.4, -0.2) is 43.9 Å². The molecule has 1 aromatic carbocycles. The van der Waals surface area contributed by atoms with E-state index in [0.717, 1.165) is 19.7 Å². The Morgan fingerprint density at radius 3 is 2.47 bits per heavy atom. The Bertz CT molecular complexity index is 1160. The number of nitrogens with zero attached hydrogens (tertiary/aromatic N) is 2. The van der Waals surface area contributed by atoms with E-state index in [1.165, 1.54) is 31.5 Å². The van der Waals surface area contributed by atoms with Crippen LogP contribution in [-0.2, 0) is 10.0 Å². The minimum atomic E-state index is -3.75. The van der Waals surface area contributed by atoms with Crippen molar-refractivity contribution >= 4 is 33.0 Å². The van der Waals surface area contributed by atoms with Gasteiger partial charge in [-0.15, -0.1) is 11.3 Å². The average molecular weight is 448 g/mol. The monoisotopic (exact) mass is 447 g/mol. The topological polar surface area (TPSA) is 80.6 Å². The number of hydrogen-bond acceptors (Lipinski definition) is 5. The molecule has 7 nitrogen and oxygen atoms in total. The van der Waals surface area contributed by atoms with Gasteiger partial charge in [-0.25, -0.2) is 12.7 Å². The standard InChI is InChI=1S/C21H25N3O4S2/c1-6-28-17-10-9-16(13-18(17)30(26,27)23(4)5)22-20(25)19-14(2)15(3)29-21(19)24-11-7-8-12-24/h7-13H,6H2,1-5H3,(H,22,25). The van der Waals surface area contributed by atoms with Crippen molar-refractivity contribution in [1.82, 2.24) is 8.87 Å². The molecule has 0 saturated heterocycles. The van der Waals surface area contributed by atoms with E-state index >= 15 is 0 Å². The van der Waals surface area contributed by atoms with Crippen LogP contribution in [0.1, 0.15) is 27.7 Å². The number of aromatic nitrogens is 1. The second kappa shape index (κ2) is 8.63. The number of ether oxygens (including phenoxy) is 1. The van der Waals surface area contributed by atoms with Gasteiger partial charge in [-0.3, -0.25) is 4.79 Å². The molecule has 0 aliphatic carbocycles. The van der Waals surface area contributed by atoms with Crippen molar-refractivity contribution < 1.29 is 17.9 Å². The van der Waals surface area contributed by atoms with Crippen molar-refractivity contribution in [2.45, 2.75) is 25.7 Å². The molecule has 160 valence electrons. The first-order valence-corrected chi connectivity index (χ1v) is 11.7. The van der Waals surface area contributed by atoms with E-state index in [9.17, 15) is 13.2 Å². The number of hydrogen-bond donors (Lipinski definition) is 1. The number of amides is 1. The molecule has 30 heavy (non-hydrogen) atoms. The number of rotatable bonds is 7. The molecule has 0 radical (unpaired) electrons. The first-order valence-electron chi connectivity index (χ1n) is 9.40. The van der Waals surface area contributed by atoms with Crippen molar-refractivity contribution in [3.63, 3.8) is 0 Å². The van der Waals surface area contributed by atoms with E-state index in [0.29, 0.717) is 17.9 Å². The van der Waals surface area contributed by atoms with Gasteiger partial charge in [-0.1, -0.05) is 0 Å². The molecular weight excluding hydrogens is 422 g/mol. The number of carbonyl (C=O) groups excluding carboxylic acids is 1. The van der Waals surface area contributed by atoms with Crippen molar-refractivity contribution in [3.05, 3.63) is 58.7 Å². The van der Waals surface area contributed by atoms with Gasteiger partial charge < -0.3 is 14.6 Å². The molecule has 3 rings (SSSR count). The summed E-state index contributed by atoms with van der Waals surface area (Å²) in [6, 6.07) is 8.44. The molecule has 9 heteroatoms. The first-order chi connectivity index (χ1) is 14.2. The van der Waals surface area contributed by atoms with Crippen LogP contribution in [0.5, 0.6) is 5.75 Å². The molecule has 1 N–H and O–H groups in total. The molecule has 1 amide bonds. The highest BCUT2D eigenvalue weighted by molar-refractivity contribution is 7.89. The van der Waals surface area contributed by atoms with E-state index in [4.69, 9.17) is 4.74 Å². The normalized spacial score (nSPS) is 11.7. The third-order valence-electron chi connectivity index (χ3n) is 4.69. The van der Waals surface area contributed by atoms with Crippen LogP contribution in [0, 0.1) is 13.8 Å². The second-order valence-corrected chi connectivity index (χ2v) is 10.2. The van der Waals surface area contributed by atoms with E-state index < -0.39 is 10.0 Å². The van der Waals surface area contributed by atoms with E-state index in [1.807, 2.05) is 42.9 Å². The lowest BCUT2D eigenvalue weighted by atomic mass is 10.1. The molecule has 0 atom stereocenters. The maximum Gasteiger partial charge on any atom is 0.258 e. The third kappa shape index (κ3) is 4.14. The number of sulfonamides is 1. The summed E-state index contributed by atoms with van der Waals surface area (Å²) >= 11 is 1.54. The van der Waals surface area contributed by atoms with Crippen molar-refractivity contribution in [2.75, 3.05) is 26.0 Å². The lowest BCUT2D eigenvalue weighted by Crippen LogP contribution is -2.23. The van der Waals surface area contributed by atoms with Crippen LogP contribution < -0.4 is 10.1 Å². The van der Waals surface area contributed by atoms with Gasteiger partial charge in [0.25, 0.3) is 5.91 Å². The maximum absolute atomic E-state index is 13.2. The van der Waals surface area contributed by atoms with Crippen LogP contribution >= 0.6 is 11.3 Å². The number of aryl methyl sites for hydroxylation is 1. The van der Waals surface area contributed by atoms with Crippen LogP contribution in [0.4, 0.5) is 5.69 Å². The van der Waals surface area contributed by atoms with Gasteiger partial charge in [0.05, 0.1) is 12.2 Å². The Morgan fingerprint density at radius 1 is 1.20 bits per heavy atom. The molecule has 2 aromatic heterocycles. The Balaban J connectivity index is 2.01. The Morgan fingerprint density at radius 2 is 1.87 bits per heavy atom. The fraction of sp³-hybridized carbons (Fsp3) is 0.286. The molecule has 0 aliphatic heterocycles. The Hall–Kier alpha value is -2.62. The second-order valence-electron chi connectivity index (χ2n) is 6.89. The summed E-state index contributed by atoms with van der Waals surface area (Å²) in [5.41, 5.74) is 1.85. The zero-order valence-electron chi connectivity index (χ0n) is 17.6. The first kappa shape index (κ1) is 22.1. The highest BCUT2D eigenvalue weighted by Crippen LogP contribution is 2.33. The smallest absolute Gasteiger partial charge is 0.258 e. The zero-order valence-corrected chi connectivity index (χ0v) is 19.2. The van der Waals surface area contributed by atoms with Gasteiger partial charge in [0.1, 0.15) is 15.6 Å². The van der Waals surface area contributed by atoms with Gasteiger partial charge in [0.15, 0.2) is 0 Å². The minimum Gasteiger partial charge on any atom is -0.492 e. The van der Waals surface area contributed by atoms with Crippen LogP contribution in [0.2, 0.25) is 0 Å². The molecule has 0 bridgehead atoms. The number of benzene rings is 1. The predicted octanol–water partition coefficient (Wildman–Crippen LogP) is 4.06. The zero-order chi connectivity index (χ0) is 22.1. The van der Waals surface area contributed by atoms with E-state index in [2.05, 4.69) is 5.32 Å². The number of anilines is 1. The summed E-state index contributed by atoms with van der Waals surface area (Å²) < 4.78 is 34.0. The third-order valence-corrected chi connectivity index (χ3v) is 7.75. The molecule has 0 aliphatic rings. The van der Waals surface area contributed by atoms with E-state index in [-0.39, 0.29) is 16.6 Å². The maximum atomic E-state index is 13.2. The summed E-state index contributed by atoms with van der Waals surface area (Å²) in [6.07, 6.45) is 3.78.